The average molecular weight is 127 g/mol. The molecular formula is C6H9NO2. The van der Waals surface area contributed by atoms with Gasteiger partial charge in [-0.2, -0.15) is 5.48 Å². The molecule has 9 heavy (non-hydrogen) atoms. The quantitative estimate of drug-likeness (QED) is 0.345. The molecule has 0 aliphatic rings. The lowest BCUT2D eigenvalue weighted by molar-refractivity contribution is -0.125. The van der Waals surface area contributed by atoms with Crippen LogP contribution >= 0.6 is 0 Å². The van der Waals surface area contributed by atoms with Gasteiger partial charge in [0.1, 0.15) is 6.26 Å². The highest BCUT2D eigenvalue weighted by Crippen LogP contribution is 1.84. The minimum absolute atomic E-state index is 0.338. The Bertz CT molecular complexity index is 140. The largest absolute Gasteiger partial charge is 0.388 e. The van der Waals surface area contributed by atoms with Crippen molar-refractivity contribution in [1.82, 2.24) is 5.48 Å². The summed E-state index contributed by atoms with van der Waals surface area (Å²) in [5, 5.41) is 0. The highest BCUT2D eigenvalue weighted by Gasteiger charge is 1.97. The lowest BCUT2D eigenvalue weighted by Crippen LogP contribution is -2.21. The van der Waals surface area contributed by atoms with E-state index in [1.54, 1.807) is 6.92 Å². The molecule has 1 amide bonds. The van der Waals surface area contributed by atoms with Crippen LogP contribution in [-0.2, 0) is 9.63 Å². The highest BCUT2D eigenvalue weighted by molar-refractivity contribution is 5.91. The Morgan fingerprint density at radius 1 is 1.78 bits per heavy atom. The summed E-state index contributed by atoms with van der Waals surface area (Å²) in [7, 11) is 0. The van der Waals surface area contributed by atoms with Gasteiger partial charge in [0.2, 0.25) is 0 Å². The van der Waals surface area contributed by atoms with E-state index >= 15 is 0 Å². The number of rotatable bonds is 3. The minimum Gasteiger partial charge on any atom is -0.388 e. The smallest absolute Gasteiger partial charge is 0.278 e. The van der Waals surface area contributed by atoms with E-state index in [4.69, 9.17) is 0 Å². The number of nitrogens with one attached hydrogen (secondary N) is 1. The van der Waals surface area contributed by atoms with Crippen molar-refractivity contribution in [2.75, 3.05) is 0 Å². The molecule has 3 nitrogen and oxygen atoms in total. The Labute approximate surface area is 54.0 Å². The molecule has 0 aliphatic heterocycles. The Kier molecular flexibility index (Phi) is 3.20. The minimum atomic E-state index is -0.338. The Hall–Kier alpha value is -1.25. The van der Waals surface area contributed by atoms with Gasteiger partial charge in [-0.05, 0) is 6.92 Å². The third-order valence-corrected chi connectivity index (χ3v) is 0.623. The zero-order valence-corrected chi connectivity index (χ0v) is 5.31. The normalized spacial score (nSPS) is 7.67. The summed E-state index contributed by atoms with van der Waals surface area (Å²) in [5.74, 6) is -0.338. The summed E-state index contributed by atoms with van der Waals surface area (Å²) in [6, 6.07) is 0. The van der Waals surface area contributed by atoms with Gasteiger partial charge in [-0.1, -0.05) is 13.2 Å². The Balaban J connectivity index is 3.51. The summed E-state index contributed by atoms with van der Waals surface area (Å²) >= 11 is 0. The van der Waals surface area contributed by atoms with Crippen LogP contribution in [0, 0.1) is 0 Å². The van der Waals surface area contributed by atoms with E-state index < -0.39 is 0 Å². The number of hydroxylamine groups is 1. The molecule has 0 atom stereocenters. The van der Waals surface area contributed by atoms with Gasteiger partial charge in [-0.25, -0.2) is 0 Å². The van der Waals surface area contributed by atoms with E-state index in [0.717, 1.165) is 6.26 Å². The Morgan fingerprint density at radius 2 is 2.33 bits per heavy atom. The summed E-state index contributed by atoms with van der Waals surface area (Å²) < 4.78 is 0. The lowest BCUT2D eigenvalue weighted by Gasteiger charge is -1.99. The molecule has 0 spiro atoms. The molecule has 0 saturated carbocycles. The molecule has 3 heteroatoms. The van der Waals surface area contributed by atoms with E-state index in [1.807, 2.05) is 0 Å². The molecular weight excluding hydrogens is 118 g/mol. The number of hydrogen-bond acceptors (Lipinski definition) is 2. The fourth-order valence-electron chi connectivity index (χ4n) is 0.182. The zero-order chi connectivity index (χ0) is 7.28. The van der Waals surface area contributed by atoms with E-state index in [0.29, 0.717) is 5.57 Å². The summed E-state index contributed by atoms with van der Waals surface area (Å²) in [6.07, 6.45) is 1.13. The third kappa shape index (κ3) is 3.34. The van der Waals surface area contributed by atoms with Crippen molar-refractivity contribution in [3.8, 4) is 0 Å². The second-order valence-electron chi connectivity index (χ2n) is 1.50. The Morgan fingerprint density at radius 3 is 2.67 bits per heavy atom. The molecule has 0 aromatic rings. The molecule has 0 aromatic carbocycles. The van der Waals surface area contributed by atoms with E-state index in [2.05, 4.69) is 23.5 Å². The molecule has 0 aromatic heterocycles. The van der Waals surface area contributed by atoms with Crippen LogP contribution in [0.3, 0.4) is 0 Å². The fraction of sp³-hybridized carbons (Fsp3) is 0.167. The lowest BCUT2D eigenvalue weighted by atomic mass is 10.3. The van der Waals surface area contributed by atoms with Crippen molar-refractivity contribution in [2.45, 2.75) is 6.92 Å². The molecule has 0 saturated heterocycles. The topological polar surface area (TPSA) is 38.3 Å². The van der Waals surface area contributed by atoms with Crippen LogP contribution in [0.5, 0.6) is 0 Å². The van der Waals surface area contributed by atoms with Crippen LogP contribution in [-0.4, -0.2) is 5.91 Å². The summed E-state index contributed by atoms with van der Waals surface area (Å²) in [4.78, 5) is 14.9. The molecule has 0 heterocycles. The van der Waals surface area contributed by atoms with Gasteiger partial charge in [-0.3, -0.25) is 4.79 Å². The van der Waals surface area contributed by atoms with Crippen molar-refractivity contribution in [3.63, 3.8) is 0 Å². The van der Waals surface area contributed by atoms with Gasteiger partial charge in [0.15, 0.2) is 0 Å². The maximum atomic E-state index is 10.5. The molecule has 0 bridgehead atoms. The molecule has 50 valence electrons. The van der Waals surface area contributed by atoms with Crippen LogP contribution < -0.4 is 5.48 Å². The molecule has 0 aliphatic carbocycles. The van der Waals surface area contributed by atoms with Gasteiger partial charge >= 0.3 is 0 Å². The van der Waals surface area contributed by atoms with Crippen LogP contribution in [0.1, 0.15) is 6.92 Å². The predicted octanol–water partition coefficient (Wildman–Crippen LogP) is 0.754. The first-order valence-corrected chi connectivity index (χ1v) is 2.41. The predicted molar refractivity (Wildman–Crippen MR) is 34.2 cm³/mol. The zero-order valence-electron chi connectivity index (χ0n) is 5.31. The maximum Gasteiger partial charge on any atom is 0.278 e. The molecule has 1 N–H and O–H groups in total. The molecule has 0 unspecified atom stereocenters. The first-order valence-electron chi connectivity index (χ1n) is 2.41. The number of carbonyl (C=O) groups is 1. The van der Waals surface area contributed by atoms with E-state index in [1.165, 1.54) is 0 Å². The van der Waals surface area contributed by atoms with E-state index in [-0.39, 0.29) is 5.91 Å². The average Bonchev–Trinajstić information content (AvgIpc) is 1.82. The monoisotopic (exact) mass is 127 g/mol. The summed E-state index contributed by atoms with van der Waals surface area (Å²) in [5.41, 5.74) is 2.48. The second kappa shape index (κ2) is 3.72. The van der Waals surface area contributed by atoms with Crippen LogP contribution in [0.4, 0.5) is 0 Å². The van der Waals surface area contributed by atoms with Crippen molar-refractivity contribution < 1.29 is 9.63 Å². The van der Waals surface area contributed by atoms with Crippen LogP contribution in [0.15, 0.2) is 25.0 Å². The first kappa shape index (κ1) is 7.75. The van der Waals surface area contributed by atoms with Crippen molar-refractivity contribution >= 4 is 5.91 Å². The van der Waals surface area contributed by atoms with Crippen LogP contribution in [0.25, 0.3) is 0 Å². The van der Waals surface area contributed by atoms with Gasteiger partial charge < -0.3 is 4.84 Å². The third-order valence-electron chi connectivity index (χ3n) is 0.623. The molecule has 0 fully saturated rings. The summed E-state index contributed by atoms with van der Waals surface area (Å²) in [6.45, 7) is 8.19. The van der Waals surface area contributed by atoms with Gasteiger partial charge in [0.25, 0.3) is 5.91 Å². The van der Waals surface area contributed by atoms with Gasteiger partial charge in [-0.15, -0.1) is 0 Å². The standard InChI is InChI=1S/C6H9NO2/c1-4-9-7-6(8)5(2)3/h4H,1-2H2,3H3,(H,7,8). The fourth-order valence-corrected chi connectivity index (χ4v) is 0.182. The number of carbonyl (C=O) groups excluding carboxylic acids is 1. The number of hydrogen-bond donors (Lipinski definition) is 1. The van der Waals surface area contributed by atoms with Crippen molar-refractivity contribution in [3.05, 3.63) is 25.0 Å². The van der Waals surface area contributed by atoms with Crippen molar-refractivity contribution in [2.24, 2.45) is 0 Å². The second-order valence-corrected chi connectivity index (χ2v) is 1.50. The number of amides is 1. The first-order chi connectivity index (χ1) is 4.18. The van der Waals surface area contributed by atoms with Crippen molar-refractivity contribution in [1.29, 1.82) is 0 Å². The maximum absolute atomic E-state index is 10.5. The van der Waals surface area contributed by atoms with Crippen LogP contribution in [0.2, 0.25) is 0 Å². The van der Waals surface area contributed by atoms with Gasteiger partial charge in [0.05, 0.1) is 0 Å². The molecule has 0 rings (SSSR count). The highest BCUT2D eigenvalue weighted by atomic mass is 16.6. The van der Waals surface area contributed by atoms with Gasteiger partial charge in [0, 0.05) is 5.57 Å². The van der Waals surface area contributed by atoms with E-state index in [9.17, 15) is 4.79 Å². The SMILES string of the molecule is C=CONC(=O)C(=C)C. The molecule has 0 radical (unpaired) electrons.